The van der Waals surface area contributed by atoms with Crippen LogP contribution in [0.25, 0.3) is 110 Å². The summed E-state index contributed by atoms with van der Waals surface area (Å²) in [5.41, 5.74) is 5.92. The summed E-state index contributed by atoms with van der Waals surface area (Å²) in [6, 6.07) is 51.2. The van der Waals surface area contributed by atoms with E-state index in [4.69, 9.17) is 4.42 Å². The highest BCUT2D eigenvalue weighted by Gasteiger charge is 2.25. The van der Waals surface area contributed by atoms with Gasteiger partial charge in [0.2, 0.25) is 0 Å². The Bertz CT molecular complexity index is 3320. The number of rotatable bonds is 4. The summed E-state index contributed by atoms with van der Waals surface area (Å²) in [5, 5.41) is 8.15. The molecule has 57 heavy (non-hydrogen) atoms. The average Bonchev–Trinajstić information content (AvgIpc) is 3.61. The van der Waals surface area contributed by atoms with Crippen LogP contribution in [0.3, 0.4) is 0 Å². The predicted octanol–water partition coefficient (Wildman–Crippen LogP) is 15.4. The van der Waals surface area contributed by atoms with Crippen LogP contribution in [-0.2, 0) is 0 Å². The van der Waals surface area contributed by atoms with Crippen molar-refractivity contribution in [1.29, 1.82) is 0 Å². The van der Waals surface area contributed by atoms with E-state index in [9.17, 15) is 0 Å². The number of benzene rings is 10. The average molecular weight is 745 g/mol. The lowest BCUT2D eigenvalue weighted by Crippen LogP contribution is -1.95. The SMILES string of the molecule is Fc1cccc(F)c1-c1c2ccccc2c(-c2ccc3oc4c(-c5c6ccccc6c(-c6c(F)cccc6F)c6ccccc56)cccc4c3c2)c2ccccc12. The molecule has 1 aromatic heterocycles. The van der Waals surface area contributed by atoms with Crippen molar-refractivity contribution in [3.8, 4) is 44.5 Å². The first kappa shape index (κ1) is 33.1. The molecule has 0 aliphatic carbocycles. The van der Waals surface area contributed by atoms with E-state index in [1.165, 1.54) is 36.4 Å². The van der Waals surface area contributed by atoms with Crippen LogP contribution in [0.15, 0.2) is 174 Å². The predicted molar refractivity (Wildman–Crippen MR) is 225 cm³/mol. The first-order valence-electron chi connectivity index (χ1n) is 18.7. The van der Waals surface area contributed by atoms with E-state index < -0.39 is 23.3 Å². The zero-order chi connectivity index (χ0) is 38.4. The van der Waals surface area contributed by atoms with E-state index in [2.05, 4.69) is 6.07 Å². The third-order valence-corrected chi connectivity index (χ3v) is 11.3. The minimum Gasteiger partial charge on any atom is -0.455 e. The number of hydrogen-bond donors (Lipinski definition) is 0. The first-order valence-corrected chi connectivity index (χ1v) is 18.7. The van der Waals surface area contributed by atoms with Crippen molar-refractivity contribution in [1.82, 2.24) is 0 Å². The molecule has 1 nitrogen and oxygen atoms in total. The van der Waals surface area contributed by atoms with Crippen LogP contribution in [0.5, 0.6) is 0 Å². The van der Waals surface area contributed by atoms with Crippen molar-refractivity contribution in [2.24, 2.45) is 0 Å². The van der Waals surface area contributed by atoms with Crippen LogP contribution < -0.4 is 0 Å². The molecule has 0 atom stereocenters. The minimum atomic E-state index is -0.622. The van der Waals surface area contributed by atoms with Crippen molar-refractivity contribution >= 4 is 65.0 Å². The monoisotopic (exact) mass is 744 g/mol. The van der Waals surface area contributed by atoms with Crippen molar-refractivity contribution < 1.29 is 22.0 Å². The molecule has 11 aromatic rings. The Labute approximate surface area is 323 Å². The van der Waals surface area contributed by atoms with E-state index >= 15 is 17.6 Å². The van der Waals surface area contributed by atoms with Crippen LogP contribution >= 0.6 is 0 Å². The zero-order valence-corrected chi connectivity index (χ0v) is 30.1. The smallest absolute Gasteiger partial charge is 0.143 e. The fourth-order valence-electron chi connectivity index (χ4n) is 9.02. The molecule has 11 rings (SSSR count). The lowest BCUT2D eigenvalue weighted by Gasteiger charge is -2.18. The molecule has 0 aliphatic heterocycles. The van der Waals surface area contributed by atoms with Crippen LogP contribution in [0, 0.1) is 23.3 Å². The Kier molecular flexibility index (Phi) is 7.35. The number of para-hydroxylation sites is 1. The Morgan fingerprint density at radius 3 is 1.09 bits per heavy atom. The molecule has 0 amide bonds. The largest absolute Gasteiger partial charge is 0.455 e. The molecule has 0 saturated heterocycles. The molecule has 0 radical (unpaired) electrons. The Morgan fingerprint density at radius 1 is 0.281 bits per heavy atom. The quantitative estimate of drug-likeness (QED) is 0.129. The van der Waals surface area contributed by atoms with E-state index in [1.807, 2.05) is 127 Å². The van der Waals surface area contributed by atoms with Gasteiger partial charge in [-0.15, -0.1) is 0 Å². The van der Waals surface area contributed by atoms with Gasteiger partial charge in [-0.25, -0.2) is 17.6 Å². The summed E-state index contributed by atoms with van der Waals surface area (Å²) in [6.45, 7) is 0. The van der Waals surface area contributed by atoms with Crippen LogP contribution in [0.1, 0.15) is 0 Å². The molecule has 0 aliphatic rings. The van der Waals surface area contributed by atoms with Gasteiger partial charge in [0.25, 0.3) is 0 Å². The van der Waals surface area contributed by atoms with Gasteiger partial charge in [0.05, 0.1) is 11.1 Å². The van der Waals surface area contributed by atoms with Crippen molar-refractivity contribution in [2.75, 3.05) is 0 Å². The molecule has 0 saturated carbocycles. The molecular weight excluding hydrogens is 717 g/mol. The molecule has 5 heteroatoms. The van der Waals surface area contributed by atoms with Gasteiger partial charge in [-0.05, 0) is 90.6 Å². The standard InChI is InChI=1S/C52H28F4O/c53-41-22-10-23-42(54)50(41)48-34-16-5-1-12-30(34)46(31-13-2-6-17-35(31)48)29-26-27-45-40(28-29)38-20-9-21-39(52(38)57-45)47-32-14-3-7-18-36(32)49(37-19-8-4-15-33(37)47)51-43(55)24-11-25-44(51)56/h1-28H. The van der Waals surface area contributed by atoms with E-state index in [0.717, 1.165) is 76.1 Å². The number of hydrogen-bond acceptors (Lipinski definition) is 1. The van der Waals surface area contributed by atoms with Crippen molar-refractivity contribution in [2.45, 2.75) is 0 Å². The molecule has 1 heterocycles. The maximum absolute atomic E-state index is 15.5. The van der Waals surface area contributed by atoms with E-state index in [-0.39, 0.29) is 11.1 Å². The highest BCUT2D eigenvalue weighted by atomic mass is 19.1. The lowest BCUT2D eigenvalue weighted by atomic mass is 9.85. The third kappa shape index (κ3) is 4.88. The van der Waals surface area contributed by atoms with Gasteiger partial charge < -0.3 is 4.42 Å². The molecule has 0 spiro atoms. The summed E-state index contributed by atoms with van der Waals surface area (Å²) in [6.07, 6.45) is 0. The fourth-order valence-corrected chi connectivity index (χ4v) is 9.02. The number of furan rings is 1. The van der Waals surface area contributed by atoms with Crippen LogP contribution in [0.2, 0.25) is 0 Å². The Balaban J connectivity index is 1.18. The molecule has 270 valence electrons. The molecule has 0 N–H and O–H groups in total. The normalized spacial score (nSPS) is 11.9. The minimum absolute atomic E-state index is 0.0487. The van der Waals surface area contributed by atoms with Crippen LogP contribution in [0.4, 0.5) is 17.6 Å². The summed E-state index contributed by atoms with van der Waals surface area (Å²) in [7, 11) is 0. The molecule has 0 unspecified atom stereocenters. The summed E-state index contributed by atoms with van der Waals surface area (Å²) >= 11 is 0. The highest BCUT2D eigenvalue weighted by Crippen LogP contribution is 2.49. The van der Waals surface area contributed by atoms with Gasteiger partial charge in [0, 0.05) is 33.0 Å². The van der Waals surface area contributed by atoms with Crippen molar-refractivity contribution in [3.63, 3.8) is 0 Å². The highest BCUT2D eigenvalue weighted by molar-refractivity contribution is 6.25. The molecular formula is C52H28F4O. The van der Waals surface area contributed by atoms with Gasteiger partial charge >= 0.3 is 0 Å². The van der Waals surface area contributed by atoms with E-state index in [1.54, 1.807) is 0 Å². The van der Waals surface area contributed by atoms with Crippen molar-refractivity contribution in [3.05, 3.63) is 193 Å². The molecule has 0 bridgehead atoms. The van der Waals surface area contributed by atoms with Gasteiger partial charge in [-0.3, -0.25) is 0 Å². The molecule has 0 fully saturated rings. The first-order chi connectivity index (χ1) is 28.0. The summed E-state index contributed by atoms with van der Waals surface area (Å²) in [5.74, 6) is -2.48. The summed E-state index contributed by atoms with van der Waals surface area (Å²) < 4.78 is 68.7. The molecule has 10 aromatic carbocycles. The maximum atomic E-state index is 15.5. The second-order valence-corrected chi connectivity index (χ2v) is 14.4. The van der Waals surface area contributed by atoms with Crippen LogP contribution in [-0.4, -0.2) is 0 Å². The van der Waals surface area contributed by atoms with E-state index in [0.29, 0.717) is 22.3 Å². The third-order valence-electron chi connectivity index (χ3n) is 11.3. The topological polar surface area (TPSA) is 13.1 Å². The van der Waals surface area contributed by atoms with Gasteiger partial charge in [-0.2, -0.15) is 0 Å². The second kappa shape index (κ2) is 12.7. The fraction of sp³-hybridized carbons (Fsp3) is 0. The second-order valence-electron chi connectivity index (χ2n) is 14.4. The summed E-state index contributed by atoms with van der Waals surface area (Å²) in [4.78, 5) is 0. The van der Waals surface area contributed by atoms with Gasteiger partial charge in [0.15, 0.2) is 0 Å². The number of halogens is 4. The maximum Gasteiger partial charge on any atom is 0.143 e. The van der Waals surface area contributed by atoms with Gasteiger partial charge in [-0.1, -0.05) is 133 Å². The van der Waals surface area contributed by atoms with Gasteiger partial charge in [0.1, 0.15) is 34.4 Å². The lowest BCUT2D eigenvalue weighted by molar-refractivity contribution is 0.589. The Hall–Kier alpha value is -7.24. The zero-order valence-electron chi connectivity index (χ0n) is 30.1. The Morgan fingerprint density at radius 2 is 0.649 bits per heavy atom. The number of fused-ring (bicyclic) bond motifs is 7.